The predicted molar refractivity (Wildman–Crippen MR) is 77.4 cm³/mol. The summed E-state index contributed by atoms with van der Waals surface area (Å²) in [5, 5.41) is 4.02. The number of aromatic nitrogens is 1. The molecule has 0 aliphatic heterocycles. The van der Waals surface area contributed by atoms with Gasteiger partial charge in [-0.05, 0) is 19.1 Å². The Morgan fingerprint density at radius 3 is 2.84 bits per heavy atom. The van der Waals surface area contributed by atoms with Gasteiger partial charge in [-0.25, -0.2) is 4.98 Å². The molecule has 2 rings (SSSR count). The lowest BCUT2D eigenvalue weighted by Gasteiger charge is -2.06. The number of nitrogens with one attached hydrogen (secondary N) is 1. The summed E-state index contributed by atoms with van der Waals surface area (Å²) >= 11 is 13.0. The van der Waals surface area contributed by atoms with Gasteiger partial charge in [0, 0.05) is 17.1 Å². The number of halogens is 2. The Kier molecular flexibility index (Phi) is 4.63. The Balaban J connectivity index is 1.88. The van der Waals surface area contributed by atoms with E-state index >= 15 is 0 Å². The van der Waals surface area contributed by atoms with Gasteiger partial charge in [0.15, 0.2) is 11.7 Å². The molecule has 1 aromatic carbocycles. The van der Waals surface area contributed by atoms with E-state index in [0.717, 1.165) is 4.88 Å². The van der Waals surface area contributed by atoms with Crippen molar-refractivity contribution < 1.29 is 9.53 Å². The average Bonchev–Trinajstić information content (AvgIpc) is 2.76. The summed E-state index contributed by atoms with van der Waals surface area (Å²) in [7, 11) is 0. The molecular formula is C12H10Cl2N2O2S. The van der Waals surface area contributed by atoms with Gasteiger partial charge in [0.25, 0.3) is 5.91 Å². The van der Waals surface area contributed by atoms with E-state index in [1.807, 2.05) is 6.92 Å². The van der Waals surface area contributed by atoms with Crippen molar-refractivity contribution in [3.8, 4) is 5.75 Å². The Bertz CT molecular complexity index is 601. The second kappa shape index (κ2) is 6.23. The van der Waals surface area contributed by atoms with Crippen LogP contribution in [-0.4, -0.2) is 17.5 Å². The number of nitrogens with zero attached hydrogens (tertiary/aromatic N) is 1. The molecule has 0 atom stereocenters. The molecule has 7 heteroatoms. The standard InChI is InChI=1S/C12H10Cl2N2O2S/c1-7-5-15-12(19-7)16-11(17)6-18-8-2-3-9(13)10(14)4-8/h2-5H,6H2,1H3,(H,15,16,17). The van der Waals surface area contributed by atoms with Crippen LogP contribution in [0.2, 0.25) is 10.0 Å². The summed E-state index contributed by atoms with van der Waals surface area (Å²) in [5.41, 5.74) is 0. The van der Waals surface area contributed by atoms with Crippen molar-refractivity contribution in [2.45, 2.75) is 6.92 Å². The van der Waals surface area contributed by atoms with Crippen molar-refractivity contribution in [2.24, 2.45) is 0 Å². The molecule has 1 aromatic heterocycles. The van der Waals surface area contributed by atoms with Crippen LogP contribution in [-0.2, 0) is 4.79 Å². The zero-order valence-electron chi connectivity index (χ0n) is 9.94. The fraction of sp³-hybridized carbons (Fsp3) is 0.167. The van der Waals surface area contributed by atoms with E-state index in [1.54, 1.807) is 24.4 Å². The van der Waals surface area contributed by atoms with Crippen LogP contribution in [0.25, 0.3) is 0 Å². The monoisotopic (exact) mass is 316 g/mol. The molecule has 0 saturated carbocycles. The number of benzene rings is 1. The van der Waals surface area contributed by atoms with E-state index in [0.29, 0.717) is 20.9 Å². The predicted octanol–water partition coefficient (Wildman–Crippen LogP) is 3.78. The average molecular weight is 317 g/mol. The number of anilines is 1. The second-order valence-corrected chi connectivity index (χ2v) is 5.74. The van der Waals surface area contributed by atoms with Crippen LogP contribution < -0.4 is 10.1 Å². The summed E-state index contributed by atoms with van der Waals surface area (Å²) in [4.78, 5) is 16.7. The summed E-state index contributed by atoms with van der Waals surface area (Å²) < 4.78 is 5.30. The Morgan fingerprint density at radius 1 is 1.42 bits per heavy atom. The van der Waals surface area contributed by atoms with Crippen molar-refractivity contribution in [2.75, 3.05) is 11.9 Å². The third-order valence-electron chi connectivity index (χ3n) is 2.13. The molecule has 0 aliphatic rings. The van der Waals surface area contributed by atoms with Gasteiger partial charge in [0.05, 0.1) is 10.0 Å². The Morgan fingerprint density at radius 2 is 2.21 bits per heavy atom. The summed E-state index contributed by atoms with van der Waals surface area (Å²) in [6.45, 7) is 1.80. The van der Waals surface area contributed by atoms with Gasteiger partial charge in [-0.1, -0.05) is 23.2 Å². The van der Waals surface area contributed by atoms with Gasteiger partial charge in [-0.15, -0.1) is 11.3 Å². The van der Waals surface area contributed by atoms with Crippen LogP contribution in [0.5, 0.6) is 5.75 Å². The summed E-state index contributed by atoms with van der Waals surface area (Å²) in [6.07, 6.45) is 1.69. The van der Waals surface area contributed by atoms with Crippen LogP contribution in [0.15, 0.2) is 24.4 Å². The first-order valence-corrected chi connectivity index (χ1v) is 6.92. The first kappa shape index (κ1) is 14.1. The number of hydrogen-bond acceptors (Lipinski definition) is 4. The van der Waals surface area contributed by atoms with E-state index in [2.05, 4.69) is 10.3 Å². The topological polar surface area (TPSA) is 51.2 Å². The molecule has 1 amide bonds. The maximum absolute atomic E-state index is 11.6. The quantitative estimate of drug-likeness (QED) is 0.934. The molecule has 1 heterocycles. The minimum Gasteiger partial charge on any atom is -0.484 e. The SMILES string of the molecule is Cc1cnc(NC(=O)COc2ccc(Cl)c(Cl)c2)s1. The molecule has 2 aromatic rings. The summed E-state index contributed by atoms with van der Waals surface area (Å²) in [6, 6.07) is 4.82. The number of hydrogen-bond donors (Lipinski definition) is 1. The van der Waals surface area contributed by atoms with Gasteiger partial charge >= 0.3 is 0 Å². The van der Waals surface area contributed by atoms with Crippen LogP contribution in [0.4, 0.5) is 5.13 Å². The number of aryl methyl sites for hydroxylation is 1. The van der Waals surface area contributed by atoms with Gasteiger partial charge in [-0.2, -0.15) is 0 Å². The van der Waals surface area contributed by atoms with Gasteiger partial charge in [0.1, 0.15) is 5.75 Å². The maximum Gasteiger partial charge on any atom is 0.264 e. The van der Waals surface area contributed by atoms with E-state index < -0.39 is 0 Å². The van der Waals surface area contributed by atoms with E-state index in [1.165, 1.54) is 11.3 Å². The van der Waals surface area contributed by atoms with Crippen molar-refractivity contribution in [3.05, 3.63) is 39.3 Å². The molecular weight excluding hydrogens is 307 g/mol. The number of carbonyl (C=O) groups is 1. The second-order valence-electron chi connectivity index (χ2n) is 3.69. The molecule has 0 fully saturated rings. The number of amides is 1. The van der Waals surface area contributed by atoms with E-state index in [4.69, 9.17) is 27.9 Å². The highest BCUT2D eigenvalue weighted by molar-refractivity contribution is 7.15. The Labute approximate surface area is 124 Å². The van der Waals surface area contributed by atoms with Gasteiger partial charge in [-0.3, -0.25) is 10.1 Å². The number of ether oxygens (including phenoxy) is 1. The number of rotatable bonds is 4. The minimum absolute atomic E-state index is 0.114. The van der Waals surface area contributed by atoms with Crippen LogP contribution >= 0.6 is 34.5 Å². The highest BCUT2D eigenvalue weighted by Gasteiger charge is 2.07. The lowest BCUT2D eigenvalue weighted by atomic mass is 10.3. The molecule has 0 bridgehead atoms. The molecule has 19 heavy (non-hydrogen) atoms. The van der Waals surface area contributed by atoms with Crippen LogP contribution in [0.1, 0.15) is 4.88 Å². The highest BCUT2D eigenvalue weighted by Crippen LogP contribution is 2.26. The highest BCUT2D eigenvalue weighted by atomic mass is 35.5. The van der Waals surface area contributed by atoms with Crippen LogP contribution in [0.3, 0.4) is 0 Å². The molecule has 0 aliphatic carbocycles. The van der Waals surface area contributed by atoms with Gasteiger partial charge in [0.2, 0.25) is 0 Å². The lowest BCUT2D eigenvalue weighted by molar-refractivity contribution is -0.118. The zero-order valence-corrected chi connectivity index (χ0v) is 12.3. The van der Waals surface area contributed by atoms with Crippen molar-refractivity contribution in [3.63, 3.8) is 0 Å². The fourth-order valence-electron chi connectivity index (χ4n) is 1.28. The smallest absolute Gasteiger partial charge is 0.264 e. The molecule has 1 N–H and O–H groups in total. The molecule has 100 valence electrons. The van der Waals surface area contributed by atoms with Crippen molar-refractivity contribution in [1.29, 1.82) is 0 Å². The van der Waals surface area contributed by atoms with Crippen LogP contribution in [0, 0.1) is 6.92 Å². The first-order valence-electron chi connectivity index (χ1n) is 5.35. The molecule has 0 spiro atoms. The largest absolute Gasteiger partial charge is 0.484 e. The molecule has 4 nitrogen and oxygen atoms in total. The van der Waals surface area contributed by atoms with Crippen molar-refractivity contribution >= 4 is 45.6 Å². The number of thiazole rings is 1. The van der Waals surface area contributed by atoms with Crippen molar-refractivity contribution in [1.82, 2.24) is 4.98 Å². The third-order valence-corrected chi connectivity index (χ3v) is 3.70. The zero-order chi connectivity index (χ0) is 13.8. The normalized spacial score (nSPS) is 10.3. The van der Waals surface area contributed by atoms with Gasteiger partial charge < -0.3 is 4.74 Å². The maximum atomic E-state index is 11.6. The fourth-order valence-corrected chi connectivity index (χ4v) is 2.25. The molecule has 0 saturated heterocycles. The summed E-state index contributed by atoms with van der Waals surface area (Å²) in [5.74, 6) is 0.209. The molecule has 0 unspecified atom stereocenters. The van der Waals surface area contributed by atoms with E-state index in [9.17, 15) is 4.79 Å². The lowest BCUT2D eigenvalue weighted by Crippen LogP contribution is -2.19. The Hall–Kier alpha value is -1.30. The number of carbonyl (C=O) groups excluding carboxylic acids is 1. The minimum atomic E-state index is -0.277. The first-order chi connectivity index (χ1) is 9.04. The molecule has 0 radical (unpaired) electrons. The third kappa shape index (κ3) is 4.09. The van der Waals surface area contributed by atoms with E-state index in [-0.39, 0.29) is 12.5 Å².